The fourth-order valence-electron chi connectivity index (χ4n) is 1.70. The highest BCUT2D eigenvalue weighted by Crippen LogP contribution is 2.29. The molecule has 0 aliphatic carbocycles. The number of halogens is 3. The van der Waals surface area contributed by atoms with Crippen LogP contribution in [0.2, 0.25) is 0 Å². The SMILES string of the molecule is CSC(C)CCNC(C)c1ccc(C(F)(F)F)cc1. The lowest BCUT2D eigenvalue weighted by Crippen LogP contribution is -2.22. The van der Waals surface area contributed by atoms with Crippen LogP contribution in [-0.2, 0) is 6.18 Å². The van der Waals surface area contributed by atoms with Crippen LogP contribution in [-0.4, -0.2) is 18.1 Å². The minimum absolute atomic E-state index is 0.0661. The Morgan fingerprint density at radius 1 is 1.16 bits per heavy atom. The van der Waals surface area contributed by atoms with Gasteiger partial charge in [-0.15, -0.1) is 0 Å². The second kappa shape index (κ2) is 7.20. The molecule has 1 rings (SSSR count). The molecule has 0 radical (unpaired) electrons. The van der Waals surface area contributed by atoms with Crippen molar-refractivity contribution in [1.82, 2.24) is 5.32 Å². The smallest absolute Gasteiger partial charge is 0.310 e. The molecule has 1 aromatic carbocycles. The zero-order valence-corrected chi connectivity index (χ0v) is 12.2. The fraction of sp³-hybridized carbons (Fsp3) is 0.571. The Kier molecular flexibility index (Phi) is 6.20. The van der Waals surface area contributed by atoms with E-state index >= 15 is 0 Å². The Morgan fingerprint density at radius 3 is 2.21 bits per heavy atom. The van der Waals surface area contributed by atoms with Crippen LogP contribution in [0.15, 0.2) is 24.3 Å². The Labute approximate surface area is 117 Å². The maximum Gasteiger partial charge on any atom is 0.416 e. The fourth-order valence-corrected chi connectivity index (χ4v) is 2.05. The maximum atomic E-state index is 12.4. The average Bonchev–Trinajstić information content (AvgIpc) is 2.37. The summed E-state index contributed by atoms with van der Waals surface area (Å²) in [7, 11) is 0. The molecule has 0 bridgehead atoms. The highest BCUT2D eigenvalue weighted by Gasteiger charge is 2.30. The lowest BCUT2D eigenvalue weighted by atomic mass is 10.1. The van der Waals surface area contributed by atoms with Gasteiger partial charge in [-0.1, -0.05) is 19.1 Å². The Bertz CT molecular complexity index is 375. The highest BCUT2D eigenvalue weighted by molar-refractivity contribution is 7.99. The topological polar surface area (TPSA) is 12.0 Å². The van der Waals surface area contributed by atoms with E-state index in [4.69, 9.17) is 0 Å². The summed E-state index contributed by atoms with van der Waals surface area (Å²) < 4.78 is 37.3. The molecule has 2 atom stereocenters. The molecule has 1 aromatic rings. The van der Waals surface area contributed by atoms with Gasteiger partial charge in [0.2, 0.25) is 0 Å². The predicted molar refractivity (Wildman–Crippen MR) is 75.5 cm³/mol. The molecule has 0 fully saturated rings. The first-order chi connectivity index (χ1) is 8.84. The van der Waals surface area contributed by atoms with Gasteiger partial charge in [-0.05, 0) is 43.8 Å². The van der Waals surface area contributed by atoms with Gasteiger partial charge in [0.05, 0.1) is 5.56 Å². The second-order valence-electron chi connectivity index (χ2n) is 4.63. The number of hydrogen-bond donors (Lipinski definition) is 1. The van der Waals surface area contributed by atoms with Crippen molar-refractivity contribution in [2.45, 2.75) is 37.7 Å². The van der Waals surface area contributed by atoms with Crippen molar-refractivity contribution in [3.63, 3.8) is 0 Å². The molecular weight excluding hydrogens is 271 g/mol. The monoisotopic (exact) mass is 291 g/mol. The maximum absolute atomic E-state index is 12.4. The average molecular weight is 291 g/mol. The molecule has 0 saturated heterocycles. The van der Waals surface area contributed by atoms with Crippen molar-refractivity contribution in [1.29, 1.82) is 0 Å². The summed E-state index contributed by atoms with van der Waals surface area (Å²) >= 11 is 1.81. The standard InChI is InChI=1S/C14H20F3NS/c1-10(19-3)8-9-18-11(2)12-4-6-13(7-5-12)14(15,16)17/h4-7,10-11,18H,8-9H2,1-3H3. The van der Waals surface area contributed by atoms with Crippen molar-refractivity contribution in [3.8, 4) is 0 Å². The minimum Gasteiger partial charge on any atom is -0.310 e. The largest absolute Gasteiger partial charge is 0.416 e. The van der Waals surface area contributed by atoms with Gasteiger partial charge < -0.3 is 5.32 Å². The zero-order valence-electron chi connectivity index (χ0n) is 11.4. The van der Waals surface area contributed by atoms with Crippen molar-refractivity contribution in [3.05, 3.63) is 35.4 Å². The first-order valence-electron chi connectivity index (χ1n) is 6.28. The van der Waals surface area contributed by atoms with E-state index in [-0.39, 0.29) is 6.04 Å². The van der Waals surface area contributed by atoms with E-state index in [0.29, 0.717) is 5.25 Å². The number of alkyl halides is 3. The van der Waals surface area contributed by atoms with Crippen LogP contribution in [0.1, 0.15) is 37.4 Å². The minimum atomic E-state index is -4.26. The summed E-state index contributed by atoms with van der Waals surface area (Å²) in [5.41, 5.74) is 0.282. The summed E-state index contributed by atoms with van der Waals surface area (Å²) in [5.74, 6) is 0. The van der Waals surface area contributed by atoms with E-state index in [0.717, 1.165) is 30.7 Å². The molecule has 0 saturated carbocycles. The highest BCUT2D eigenvalue weighted by atomic mass is 32.2. The summed E-state index contributed by atoms with van der Waals surface area (Å²) in [5, 5.41) is 3.92. The molecule has 2 unspecified atom stereocenters. The molecule has 0 aliphatic heterocycles. The third kappa shape index (κ3) is 5.45. The summed E-state index contributed by atoms with van der Waals surface area (Å²) in [4.78, 5) is 0. The van der Waals surface area contributed by atoms with Crippen molar-refractivity contribution in [2.75, 3.05) is 12.8 Å². The molecule has 0 aliphatic rings. The van der Waals surface area contributed by atoms with Gasteiger partial charge in [-0.2, -0.15) is 24.9 Å². The third-order valence-corrected chi connectivity index (χ3v) is 4.18. The number of thioether (sulfide) groups is 1. The summed E-state index contributed by atoms with van der Waals surface area (Å²) in [6.45, 7) is 4.99. The normalized spacial score (nSPS) is 15.3. The number of nitrogens with one attached hydrogen (secondary N) is 1. The lowest BCUT2D eigenvalue weighted by molar-refractivity contribution is -0.137. The Balaban J connectivity index is 2.51. The van der Waals surface area contributed by atoms with Gasteiger partial charge >= 0.3 is 6.18 Å². The van der Waals surface area contributed by atoms with Gasteiger partial charge in [0.15, 0.2) is 0 Å². The van der Waals surface area contributed by atoms with Gasteiger partial charge in [0, 0.05) is 11.3 Å². The van der Waals surface area contributed by atoms with Crippen molar-refractivity contribution in [2.24, 2.45) is 0 Å². The van der Waals surface area contributed by atoms with E-state index < -0.39 is 11.7 Å². The summed E-state index contributed by atoms with van der Waals surface area (Å²) in [6.07, 6.45) is -1.14. The van der Waals surface area contributed by atoms with E-state index in [1.54, 1.807) is 12.1 Å². The number of benzene rings is 1. The molecule has 0 heterocycles. The zero-order chi connectivity index (χ0) is 14.5. The molecule has 19 heavy (non-hydrogen) atoms. The predicted octanol–water partition coefficient (Wildman–Crippen LogP) is 4.50. The van der Waals surface area contributed by atoms with Crippen LogP contribution in [0.3, 0.4) is 0 Å². The second-order valence-corrected chi connectivity index (χ2v) is 5.91. The third-order valence-electron chi connectivity index (χ3n) is 3.14. The first-order valence-corrected chi connectivity index (χ1v) is 7.56. The van der Waals surface area contributed by atoms with Crippen LogP contribution >= 0.6 is 11.8 Å². The molecule has 1 N–H and O–H groups in total. The van der Waals surface area contributed by atoms with Crippen molar-refractivity contribution >= 4 is 11.8 Å². The van der Waals surface area contributed by atoms with E-state index in [2.05, 4.69) is 18.5 Å². The van der Waals surface area contributed by atoms with Crippen LogP contribution in [0.5, 0.6) is 0 Å². The molecule has 5 heteroatoms. The molecule has 0 spiro atoms. The van der Waals surface area contributed by atoms with Crippen molar-refractivity contribution < 1.29 is 13.2 Å². The first kappa shape index (κ1) is 16.4. The molecule has 0 aromatic heterocycles. The quantitative estimate of drug-likeness (QED) is 0.828. The molecule has 108 valence electrons. The van der Waals surface area contributed by atoms with Crippen LogP contribution in [0.4, 0.5) is 13.2 Å². The number of rotatable bonds is 6. The lowest BCUT2D eigenvalue weighted by Gasteiger charge is -2.16. The van der Waals surface area contributed by atoms with Crippen LogP contribution in [0.25, 0.3) is 0 Å². The molecular formula is C14H20F3NS. The van der Waals surface area contributed by atoms with Crippen LogP contribution in [0, 0.1) is 0 Å². The number of hydrogen-bond acceptors (Lipinski definition) is 2. The van der Waals surface area contributed by atoms with Gasteiger partial charge in [-0.25, -0.2) is 0 Å². The van der Waals surface area contributed by atoms with Gasteiger partial charge in [-0.3, -0.25) is 0 Å². The molecule has 0 amide bonds. The van der Waals surface area contributed by atoms with E-state index in [1.807, 2.05) is 18.7 Å². The summed E-state index contributed by atoms with van der Waals surface area (Å²) in [6, 6.07) is 5.42. The Hall–Kier alpha value is -0.680. The Morgan fingerprint density at radius 2 is 1.74 bits per heavy atom. The molecule has 1 nitrogen and oxygen atoms in total. The van der Waals surface area contributed by atoms with E-state index in [9.17, 15) is 13.2 Å². The van der Waals surface area contributed by atoms with Gasteiger partial charge in [0.1, 0.15) is 0 Å². The van der Waals surface area contributed by atoms with E-state index in [1.165, 1.54) is 0 Å². The van der Waals surface area contributed by atoms with Crippen LogP contribution < -0.4 is 5.32 Å². The van der Waals surface area contributed by atoms with Gasteiger partial charge in [0.25, 0.3) is 0 Å².